The van der Waals surface area contributed by atoms with Crippen LogP contribution in [0, 0.1) is 0 Å². The van der Waals surface area contributed by atoms with Crippen molar-refractivity contribution in [2.45, 2.75) is 50.1 Å². The van der Waals surface area contributed by atoms with Crippen molar-refractivity contribution in [3.63, 3.8) is 0 Å². The van der Waals surface area contributed by atoms with E-state index >= 15 is 0 Å². The second-order valence-corrected chi connectivity index (χ2v) is 8.67. The summed E-state index contributed by atoms with van der Waals surface area (Å²) in [6.07, 6.45) is 2.75. The molecule has 1 fully saturated rings. The van der Waals surface area contributed by atoms with Crippen molar-refractivity contribution in [1.29, 1.82) is 0 Å². The van der Waals surface area contributed by atoms with E-state index in [0.717, 1.165) is 19.3 Å². The summed E-state index contributed by atoms with van der Waals surface area (Å²) in [6, 6.07) is 3.03. The molecule has 112 valence electrons. The number of benzene rings is 1. The van der Waals surface area contributed by atoms with Gasteiger partial charge in [-0.05, 0) is 38.8 Å². The van der Waals surface area contributed by atoms with Crippen molar-refractivity contribution >= 4 is 49.2 Å². The van der Waals surface area contributed by atoms with Gasteiger partial charge < -0.3 is 0 Å². The predicted octanol–water partition coefficient (Wildman–Crippen LogP) is 4.71. The fourth-order valence-electron chi connectivity index (χ4n) is 2.75. The number of hydrogen-bond acceptors (Lipinski definition) is 2. The molecule has 7 heteroatoms. The van der Waals surface area contributed by atoms with Gasteiger partial charge in [0.15, 0.2) is 0 Å². The molecule has 0 amide bonds. The lowest BCUT2D eigenvalue weighted by Gasteiger charge is -2.38. The van der Waals surface area contributed by atoms with Crippen LogP contribution in [0.2, 0.25) is 10.0 Å². The number of piperidine rings is 1. The van der Waals surface area contributed by atoms with E-state index in [-0.39, 0.29) is 27.0 Å². The number of hydrogen-bond donors (Lipinski definition) is 0. The smallest absolute Gasteiger partial charge is 0.207 e. The van der Waals surface area contributed by atoms with Gasteiger partial charge in [-0.3, -0.25) is 0 Å². The molecule has 1 aliphatic heterocycles. The molecule has 2 rings (SSSR count). The first-order valence-corrected chi connectivity index (χ1v) is 9.42. The number of rotatable bonds is 2. The third-order valence-electron chi connectivity index (χ3n) is 3.61. The highest BCUT2D eigenvalue weighted by atomic mass is 79.9. The molecular formula is C13H16BrCl2NO2S. The molecule has 1 aliphatic rings. The Bertz CT molecular complexity index is 588. The van der Waals surface area contributed by atoms with E-state index in [0.29, 0.717) is 4.47 Å². The molecule has 0 spiro atoms. The first-order chi connectivity index (χ1) is 9.25. The van der Waals surface area contributed by atoms with Gasteiger partial charge in [-0.2, -0.15) is 4.31 Å². The maximum Gasteiger partial charge on any atom is 0.246 e. The fourth-order valence-corrected chi connectivity index (χ4v) is 6.53. The fraction of sp³-hybridized carbons (Fsp3) is 0.538. The molecular weight excluding hydrogens is 385 g/mol. The van der Waals surface area contributed by atoms with Crippen molar-refractivity contribution in [1.82, 2.24) is 4.31 Å². The van der Waals surface area contributed by atoms with Crippen molar-refractivity contribution in [3.8, 4) is 0 Å². The molecule has 3 nitrogen and oxygen atoms in total. The maximum atomic E-state index is 12.9. The summed E-state index contributed by atoms with van der Waals surface area (Å²) in [7, 11) is -3.69. The van der Waals surface area contributed by atoms with Gasteiger partial charge in [0.05, 0.1) is 10.0 Å². The minimum absolute atomic E-state index is 0.00429. The van der Waals surface area contributed by atoms with Gasteiger partial charge in [0, 0.05) is 16.6 Å². The highest BCUT2D eigenvalue weighted by Gasteiger charge is 2.38. The first kappa shape index (κ1) is 16.6. The average Bonchev–Trinajstić information content (AvgIpc) is 2.25. The maximum absolute atomic E-state index is 12.9. The van der Waals surface area contributed by atoms with Gasteiger partial charge in [0.1, 0.15) is 4.90 Å². The van der Waals surface area contributed by atoms with Crippen LogP contribution in [0.5, 0.6) is 0 Å². The lowest BCUT2D eigenvalue weighted by molar-refractivity contribution is 0.204. The van der Waals surface area contributed by atoms with E-state index in [1.807, 2.05) is 13.8 Å². The van der Waals surface area contributed by atoms with Gasteiger partial charge in [-0.1, -0.05) is 45.6 Å². The molecule has 0 aliphatic carbocycles. The van der Waals surface area contributed by atoms with Crippen molar-refractivity contribution in [2.24, 2.45) is 0 Å². The molecule has 1 aromatic carbocycles. The Morgan fingerprint density at radius 3 is 2.05 bits per heavy atom. The third-order valence-corrected chi connectivity index (χ3v) is 7.12. The second-order valence-electron chi connectivity index (χ2n) is 5.16. The summed E-state index contributed by atoms with van der Waals surface area (Å²) in [5.41, 5.74) is 0. The van der Waals surface area contributed by atoms with E-state index in [9.17, 15) is 8.42 Å². The SMILES string of the molecule is C[C@@H]1CCC[C@H](C)N1S(=O)(=O)c1c(Cl)cc(Br)cc1Cl. The van der Waals surface area contributed by atoms with Crippen molar-refractivity contribution < 1.29 is 8.42 Å². The Morgan fingerprint density at radius 1 is 1.15 bits per heavy atom. The Hall–Kier alpha value is 0.190. The van der Waals surface area contributed by atoms with E-state index in [4.69, 9.17) is 23.2 Å². The highest BCUT2D eigenvalue weighted by molar-refractivity contribution is 9.10. The Labute approximate surface area is 138 Å². The highest BCUT2D eigenvalue weighted by Crippen LogP contribution is 2.38. The van der Waals surface area contributed by atoms with Crippen LogP contribution >= 0.6 is 39.1 Å². The van der Waals surface area contributed by atoms with Crippen molar-refractivity contribution in [3.05, 3.63) is 26.7 Å². The molecule has 0 aromatic heterocycles. The van der Waals surface area contributed by atoms with Crippen LogP contribution in [0.4, 0.5) is 0 Å². The zero-order valence-electron chi connectivity index (χ0n) is 11.2. The molecule has 0 N–H and O–H groups in total. The molecule has 0 bridgehead atoms. The standard InChI is InChI=1S/C13H16BrCl2NO2S/c1-8-4-3-5-9(2)17(8)20(18,19)13-11(15)6-10(14)7-12(13)16/h6-9H,3-5H2,1-2H3/t8-,9+. The molecule has 1 aromatic rings. The predicted molar refractivity (Wildman–Crippen MR) is 86.0 cm³/mol. The summed E-state index contributed by atoms with van der Waals surface area (Å²) in [6.45, 7) is 3.85. The quantitative estimate of drug-likeness (QED) is 0.720. The van der Waals surface area contributed by atoms with Gasteiger partial charge in [0.25, 0.3) is 0 Å². The van der Waals surface area contributed by atoms with Crippen LogP contribution < -0.4 is 0 Å². The zero-order chi connectivity index (χ0) is 15.1. The molecule has 0 unspecified atom stereocenters. The minimum Gasteiger partial charge on any atom is -0.207 e. The Morgan fingerprint density at radius 2 is 1.60 bits per heavy atom. The van der Waals surface area contributed by atoms with Gasteiger partial charge >= 0.3 is 0 Å². The summed E-state index contributed by atoms with van der Waals surface area (Å²) >= 11 is 15.5. The van der Waals surface area contributed by atoms with Gasteiger partial charge in [-0.25, -0.2) is 8.42 Å². The van der Waals surface area contributed by atoms with E-state index in [2.05, 4.69) is 15.9 Å². The van der Waals surface area contributed by atoms with Crippen LogP contribution in [-0.2, 0) is 10.0 Å². The van der Waals surface area contributed by atoms with E-state index in [1.54, 1.807) is 12.1 Å². The largest absolute Gasteiger partial charge is 0.246 e. The van der Waals surface area contributed by atoms with Crippen LogP contribution in [0.25, 0.3) is 0 Å². The number of nitrogens with zero attached hydrogens (tertiary/aromatic N) is 1. The van der Waals surface area contributed by atoms with Gasteiger partial charge in [-0.15, -0.1) is 0 Å². The molecule has 20 heavy (non-hydrogen) atoms. The Balaban J connectivity index is 2.55. The van der Waals surface area contributed by atoms with Crippen LogP contribution in [-0.4, -0.2) is 24.8 Å². The van der Waals surface area contributed by atoms with Crippen LogP contribution in [0.3, 0.4) is 0 Å². The zero-order valence-corrected chi connectivity index (χ0v) is 15.2. The number of halogens is 3. The molecule has 1 saturated heterocycles. The normalized spacial score (nSPS) is 24.9. The number of sulfonamides is 1. The van der Waals surface area contributed by atoms with Gasteiger partial charge in [0.2, 0.25) is 10.0 Å². The summed E-state index contributed by atoms with van der Waals surface area (Å²) < 4.78 is 28.0. The second kappa shape index (κ2) is 6.13. The molecule has 1 heterocycles. The minimum atomic E-state index is -3.69. The lowest BCUT2D eigenvalue weighted by Crippen LogP contribution is -2.47. The monoisotopic (exact) mass is 399 g/mol. The van der Waals surface area contributed by atoms with Crippen LogP contribution in [0.15, 0.2) is 21.5 Å². The summed E-state index contributed by atoms with van der Waals surface area (Å²) in [5.74, 6) is 0. The van der Waals surface area contributed by atoms with E-state index in [1.165, 1.54) is 4.31 Å². The summed E-state index contributed by atoms with van der Waals surface area (Å²) in [4.78, 5) is 0.00429. The molecule has 0 radical (unpaired) electrons. The van der Waals surface area contributed by atoms with Crippen LogP contribution in [0.1, 0.15) is 33.1 Å². The molecule has 2 atom stereocenters. The lowest BCUT2D eigenvalue weighted by atomic mass is 10.0. The third kappa shape index (κ3) is 3.02. The Kier molecular flexibility index (Phi) is 5.07. The topological polar surface area (TPSA) is 37.4 Å². The first-order valence-electron chi connectivity index (χ1n) is 6.43. The van der Waals surface area contributed by atoms with Crippen molar-refractivity contribution in [2.75, 3.05) is 0 Å². The average molecular weight is 401 g/mol. The molecule has 0 saturated carbocycles. The van der Waals surface area contributed by atoms with E-state index < -0.39 is 10.0 Å². The summed E-state index contributed by atoms with van der Waals surface area (Å²) in [5, 5.41) is 0.295.